The molecule has 11 rings (SSSR count). The lowest BCUT2D eigenvalue weighted by molar-refractivity contribution is 0.0974. The maximum atomic E-state index is 15.1. The number of rotatable bonds is 8. The molecule has 14 heteroatoms. The van der Waals surface area contributed by atoms with Gasteiger partial charge < -0.3 is 0 Å². The fraction of sp³-hybridized carbons (Fsp3) is 0. The third-order valence-electron chi connectivity index (χ3n) is 9.00. The number of carbonyl (C=O) groups excluding carboxylic acids is 2. The van der Waals surface area contributed by atoms with Gasteiger partial charge in [-0.3, -0.25) is 9.59 Å². The number of hydrogen-bond acceptors (Lipinski definition) is 14. The van der Waals surface area contributed by atoms with E-state index in [1.807, 2.05) is 109 Å². The number of para-hydroxylation sites is 4. The summed E-state index contributed by atoms with van der Waals surface area (Å²) >= 11 is 12.2. The van der Waals surface area contributed by atoms with Gasteiger partial charge in [-0.25, -0.2) is 19.9 Å². The van der Waals surface area contributed by atoms with Crippen LogP contribution in [0, 0.1) is 0 Å². The number of aromatic nitrogens is 4. The van der Waals surface area contributed by atoms with Crippen LogP contribution < -0.4 is 0 Å². The first kappa shape index (κ1) is 34.8. The van der Waals surface area contributed by atoms with Crippen molar-refractivity contribution in [1.29, 1.82) is 0 Å². The van der Waals surface area contributed by atoms with Crippen molar-refractivity contribution < 1.29 is 9.59 Å². The molecule has 0 saturated heterocycles. The van der Waals surface area contributed by atoms with E-state index in [9.17, 15) is 0 Å². The van der Waals surface area contributed by atoms with E-state index < -0.39 is 0 Å². The summed E-state index contributed by atoms with van der Waals surface area (Å²) in [5.74, 6) is -0.375. The standard InChI is InChI=1S/C42H20N4O2S8/c47-37-23-17-21(49-39-43-25-9-1-5-13-29(25)51-39)19-33(55-41-45-27-11-3-7-15-31(27)53-41)35(23)38(48)24-18-22(50-40-44-26-10-2-6-14-30(26)52-40)20-34(36(24)37)56-42-46-28-12-4-8-16-32(28)54-42/h1-20H. The van der Waals surface area contributed by atoms with Crippen molar-refractivity contribution in [1.82, 2.24) is 19.9 Å². The average molecular weight is 869 g/mol. The molecule has 0 spiro atoms. The number of ketones is 2. The minimum absolute atomic E-state index is 0.187. The van der Waals surface area contributed by atoms with Gasteiger partial charge in [0, 0.05) is 41.8 Å². The van der Waals surface area contributed by atoms with Gasteiger partial charge in [-0.2, -0.15) is 0 Å². The van der Waals surface area contributed by atoms with Crippen molar-refractivity contribution in [2.24, 2.45) is 0 Å². The quantitative estimate of drug-likeness (QED) is 0.147. The van der Waals surface area contributed by atoms with Gasteiger partial charge in [0.25, 0.3) is 0 Å². The summed E-state index contributed by atoms with van der Waals surface area (Å²) in [4.78, 5) is 52.7. The number of nitrogens with zero attached hydrogens (tertiary/aromatic N) is 4. The molecule has 0 aliphatic heterocycles. The molecule has 0 unspecified atom stereocenters. The lowest BCUT2D eigenvalue weighted by Crippen LogP contribution is -2.23. The van der Waals surface area contributed by atoms with Gasteiger partial charge in [0.05, 0.1) is 40.9 Å². The monoisotopic (exact) mass is 868 g/mol. The van der Waals surface area contributed by atoms with Crippen molar-refractivity contribution >= 4 is 145 Å². The lowest BCUT2D eigenvalue weighted by Gasteiger charge is -2.23. The summed E-state index contributed by atoms with van der Waals surface area (Å²) in [7, 11) is 0. The predicted octanol–water partition coefficient (Wildman–Crippen LogP) is 13.5. The van der Waals surface area contributed by atoms with Gasteiger partial charge in [0.2, 0.25) is 0 Å². The molecular weight excluding hydrogens is 849 g/mol. The summed E-state index contributed by atoms with van der Waals surface area (Å²) in [6, 6.07) is 39.9. The number of fused-ring (bicyclic) bond motifs is 6. The minimum atomic E-state index is -0.187. The Labute approximate surface area is 351 Å². The molecule has 0 bridgehead atoms. The summed E-state index contributed by atoms with van der Waals surface area (Å²) < 4.78 is 7.62. The van der Waals surface area contributed by atoms with Gasteiger partial charge >= 0.3 is 0 Å². The first-order valence-corrected chi connectivity index (χ1v) is 23.6. The fourth-order valence-electron chi connectivity index (χ4n) is 6.52. The molecular formula is C42H20N4O2S8. The molecule has 4 heterocycles. The van der Waals surface area contributed by atoms with Gasteiger partial charge in [-0.15, -0.1) is 45.3 Å². The van der Waals surface area contributed by atoms with Crippen molar-refractivity contribution in [2.75, 3.05) is 0 Å². The van der Waals surface area contributed by atoms with Crippen LogP contribution in [-0.2, 0) is 0 Å². The Morgan fingerprint density at radius 1 is 0.375 bits per heavy atom. The highest BCUT2D eigenvalue weighted by atomic mass is 32.2. The highest BCUT2D eigenvalue weighted by molar-refractivity contribution is 8.02. The summed E-state index contributed by atoms with van der Waals surface area (Å²) in [5.41, 5.74) is 5.22. The Balaban J connectivity index is 1.06. The molecule has 0 atom stereocenters. The third-order valence-corrected chi connectivity index (χ3v) is 17.4. The lowest BCUT2D eigenvalue weighted by atomic mass is 9.84. The third kappa shape index (κ3) is 6.38. The van der Waals surface area contributed by atoms with Gasteiger partial charge in [-0.05, 0) is 72.8 Å². The predicted molar refractivity (Wildman–Crippen MR) is 235 cm³/mol. The molecule has 0 amide bonds. The van der Waals surface area contributed by atoms with E-state index in [-0.39, 0.29) is 11.6 Å². The number of thiazole rings is 4. The van der Waals surface area contributed by atoms with Crippen LogP contribution in [0.15, 0.2) is 158 Å². The first-order chi connectivity index (χ1) is 27.5. The molecule has 268 valence electrons. The summed E-state index contributed by atoms with van der Waals surface area (Å²) in [5, 5.41) is 0. The van der Waals surface area contributed by atoms with Crippen LogP contribution in [-0.4, -0.2) is 31.5 Å². The van der Waals surface area contributed by atoms with Crippen LogP contribution in [0.2, 0.25) is 0 Å². The molecule has 0 radical (unpaired) electrons. The van der Waals surface area contributed by atoms with Crippen molar-refractivity contribution in [3.63, 3.8) is 0 Å². The zero-order chi connectivity index (χ0) is 37.3. The normalized spacial score (nSPS) is 12.6. The van der Waals surface area contributed by atoms with Crippen molar-refractivity contribution in [3.05, 3.63) is 144 Å². The zero-order valence-corrected chi connectivity index (χ0v) is 35.0. The van der Waals surface area contributed by atoms with E-state index in [1.54, 1.807) is 45.3 Å². The molecule has 6 aromatic carbocycles. The Hall–Kier alpha value is -4.38. The number of carbonyl (C=O) groups is 2. The van der Waals surface area contributed by atoms with Gasteiger partial charge in [0.1, 0.15) is 0 Å². The van der Waals surface area contributed by atoms with E-state index in [2.05, 4.69) is 12.1 Å². The molecule has 0 fully saturated rings. The van der Waals surface area contributed by atoms with Crippen LogP contribution in [0.4, 0.5) is 0 Å². The Morgan fingerprint density at radius 2 is 0.679 bits per heavy atom. The van der Waals surface area contributed by atoms with Crippen molar-refractivity contribution in [3.8, 4) is 0 Å². The van der Waals surface area contributed by atoms with E-state index in [0.717, 1.165) is 68.0 Å². The molecule has 0 saturated carbocycles. The highest BCUT2D eigenvalue weighted by Crippen LogP contribution is 2.48. The zero-order valence-electron chi connectivity index (χ0n) is 28.4. The Bertz CT molecular complexity index is 2890. The first-order valence-electron chi connectivity index (χ1n) is 17.1. The van der Waals surface area contributed by atoms with Crippen LogP contribution >= 0.6 is 92.4 Å². The van der Waals surface area contributed by atoms with Gasteiger partial charge in [-0.1, -0.05) is 95.6 Å². The highest BCUT2D eigenvalue weighted by Gasteiger charge is 2.36. The van der Waals surface area contributed by atoms with Crippen LogP contribution in [0.25, 0.3) is 40.9 Å². The molecule has 4 aromatic heterocycles. The second-order valence-electron chi connectivity index (χ2n) is 12.5. The summed E-state index contributed by atoms with van der Waals surface area (Å²) in [6.07, 6.45) is 0. The Kier molecular flexibility index (Phi) is 8.85. The molecule has 56 heavy (non-hydrogen) atoms. The van der Waals surface area contributed by atoms with Crippen molar-refractivity contribution in [2.45, 2.75) is 36.9 Å². The fourth-order valence-corrected chi connectivity index (χ4v) is 15.4. The Morgan fingerprint density at radius 3 is 1.00 bits per heavy atom. The molecule has 1 aliphatic rings. The number of benzene rings is 6. The van der Waals surface area contributed by atoms with E-state index in [0.29, 0.717) is 32.0 Å². The van der Waals surface area contributed by atoms with Crippen LogP contribution in [0.1, 0.15) is 31.8 Å². The molecule has 10 aromatic rings. The van der Waals surface area contributed by atoms with E-state index in [4.69, 9.17) is 19.9 Å². The summed E-state index contributed by atoms with van der Waals surface area (Å²) in [6.45, 7) is 0. The maximum Gasteiger partial charge on any atom is 0.195 e. The SMILES string of the molecule is O=C1c2cc(Sc3nc4ccccc4s3)cc(Sc3nc4ccccc4s3)c2C(=O)c2cc(Sc3nc4ccccc4s3)cc(Sc3nc4ccccc4s3)c21. The largest absolute Gasteiger partial charge is 0.289 e. The van der Waals surface area contributed by atoms with E-state index >= 15 is 9.59 Å². The topological polar surface area (TPSA) is 85.7 Å². The van der Waals surface area contributed by atoms with E-state index in [1.165, 1.54) is 47.0 Å². The van der Waals surface area contributed by atoms with Gasteiger partial charge in [0.15, 0.2) is 28.9 Å². The van der Waals surface area contributed by atoms with Crippen LogP contribution in [0.5, 0.6) is 0 Å². The smallest absolute Gasteiger partial charge is 0.195 e. The molecule has 0 N–H and O–H groups in total. The molecule has 1 aliphatic carbocycles. The maximum absolute atomic E-state index is 15.1. The minimum Gasteiger partial charge on any atom is -0.289 e. The second kappa shape index (κ2) is 14.2. The number of hydrogen-bond donors (Lipinski definition) is 0. The average Bonchev–Trinajstić information content (AvgIpc) is 4.00. The molecule has 6 nitrogen and oxygen atoms in total. The second-order valence-corrected chi connectivity index (χ2v) is 21.9. The van der Waals surface area contributed by atoms with Crippen LogP contribution in [0.3, 0.4) is 0 Å².